The molecule has 16 heavy (non-hydrogen) atoms. The van der Waals surface area contributed by atoms with Crippen molar-refractivity contribution in [3.8, 4) is 5.88 Å². The predicted molar refractivity (Wildman–Crippen MR) is 65.2 cm³/mol. The minimum Gasteiger partial charge on any atom is -0.481 e. The maximum atomic E-state index is 5.71. The van der Waals surface area contributed by atoms with Gasteiger partial charge in [-0.05, 0) is 5.56 Å². The maximum Gasteiger partial charge on any atom is 0.212 e. The van der Waals surface area contributed by atoms with Crippen molar-refractivity contribution in [3.05, 3.63) is 34.4 Å². The number of hydrogen-bond acceptors (Lipinski definition) is 5. The van der Waals surface area contributed by atoms with Gasteiger partial charge in [-0.1, -0.05) is 17.7 Å². The maximum absolute atomic E-state index is 5.71. The Bertz CT molecular complexity index is 457. The van der Waals surface area contributed by atoms with Crippen molar-refractivity contribution in [3.63, 3.8) is 0 Å². The fourth-order valence-electron chi connectivity index (χ4n) is 1.15. The van der Waals surface area contributed by atoms with Crippen molar-refractivity contribution >= 4 is 28.1 Å². The second-order valence-corrected chi connectivity index (χ2v) is 4.28. The normalized spacial score (nSPS) is 10.1. The van der Waals surface area contributed by atoms with E-state index in [1.165, 1.54) is 11.3 Å². The van der Waals surface area contributed by atoms with Crippen molar-refractivity contribution in [1.29, 1.82) is 0 Å². The molecule has 2 aromatic rings. The minimum atomic E-state index is 0.514. The van der Waals surface area contributed by atoms with Crippen LogP contribution in [0.4, 0.5) is 5.13 Å². The number of hydrogen-bond donors (Lipinski definition) is 1. The monoisotopic (exact) mass is 255 g/mol. The van der Waals surface area contributed by atoms with E-state index in [9.17, 15) is 0 Å². The molecule has 2 rings (SSSR count). The average molecular weight is 256 g/mol. The van der Waals surface area contributed by atoms with Crippen LogP contribution < -0.4 is 10.1 Å². The van der Waals surface area contributed by atoms with Crippen LogP contribution in [0.15, 0.2) is 23.7 Å². The first kappa shape index (κ1) is 11.2. The van der Waals surface area contributed by atoms with E-state index in [-0.39, 0.29) is 0 Å². The van der Waals surface area contributed by atoms with E-state index < -0.39 is 0 Å². The molecule has 0 aliphatic carbocycles. The lowest BCUT2D eigenvalue weighted by Crippen LogP contribution is -1.99. The number of halogens is 1. The van der Waals surface area contributed by atoms with Gasteiger partial charge in [0.15, 0.2) is 5.13 Å². The number of nitrogens with zero attached hydrogens (tertiary/aromatic N) is 2. The fourth-order valence-corrected chi connectivity index (χ4v) is 1.99. The Morgan fingerprint density at radius 1 is 1.50 bits per heavy atom. The molecular formula is C10H10ClN3OS. The number of thiazole rings is 1. The van der Waals surface area contributed by atoms with Gasteiger partial charge in [-0.15, -0.1) is 11.3 Å². The summed E-state index contributed by atoms with van der Waals surface area (Å²) in [6, 6.07) is 3.78. The smallest absolute Gasteiger partial charge is 0.212 e. The van der Waals surface area contributed by atoms with Crippen LogP contribution in [0.2, 0.25) is 5.15 Å². The zero-order valence-electron chi connectivity index (χ0n) is 8.61. The van der Waals surface area contributed by atoms with Crippen LogP contribution in [-0.2, 0) is 6.54 Å². The molecule has 0 fully saturated rings. The van der Waals surface area contributed by atoms with E-state index >= 15 is 0 Å². The summed E-state index contributed by atoms with van der Waals surface area (Å²) in [6.07, 6.45) is 1.76. The van der Waals surface area contributed by atoms with Crippen LogP contribution in [0, 0.1) is 0 Å². The third kappa shape index (κ3) is 2.84. The molecule has 0 amide bonds. The van der Waals surface area contributed by atoms with Gasteiger partial charge >= 0.3 is 0 Å². The topological polar surface area (TPSA) is 47.0 Å². The number of methoxy groups -OCH3 is 1. The molecule has 6 heteroatoms. The Balaban J connectivity index is 1.94. The van der Waals surface area contributed by atoms with Crippen LogP contribution in [0.1, 0.15) is 5.56 Å². The number of ether oxygens (including phenoxy) is 1. The Hall–Kier alpha value is -1.33. The number of rotatable bonds is 4. The molecule has 0 radical (unpaired) electrons. The fraction of sp³-hybridized carbons (Fsp3) is 0.200. The highest BCUT2D eigenvalue weighted by atomic mass is 35.5. The van der Waals surface area contributed by atoms with Crippen LogP contribution >= 0.6 is 22.9 Å². The summed E-state index contributed by atoms with van der Waals surface area (Å²) in [6.45, 7) is 0.667. The molecule has 1 N–H and O–H groups in total. The van der Waals surface area contributed by atoms with E-state index in [4.69, 9.17) is 16.3 Å². The second-order valence-electron chi connectivity index (χ2n) is 3.04. The highest BCUT2D eigenvalue weighted by Crippen LogP contribution is 2.19. The summed E-state index contributed by atoms with van der Waals surface area (Å²) in [5.41, 5.74) is 1.06. The lowest BCUT2D eigenvalue weighted by atomic mass is 10.3. The number of nitrogens with one attached hydrogen (secondary N) is 1. The van der Waals surface area contributed by atoms with Gasteiger partial charge < -0.3 is 10.1 Å². The molecule has 84 valence electrons. The summed E-state index contributed by atoms with van der Waals surface area (Å²) in [7, 11) is 1.60. The first-order valence-corrected chi connectivity index (χ1v) is 5.87. The van der Waals surface area contributed by atoms with Crippen LogP contribution in [0.25, 0.3) is 0 Å². The van der Waals surface area contributed by atoms with Gasteiger partial charge in [0, 0.05) is 24.2 Å². The average Bonchev–Trinajstić information content (AvgIpc) is 2.73. The highest BCUT2D eigenvalue weighted by Gasteiger charge is 2.00. The standard InChI is InChI=1S/C10H10ClN3OS/c1-15-9-3-2-7(4-12-9)5-13-10-14-8(11)6-16-10/h2-4,6H,5H2,1H3,(H,13,14). The van der Waals surface area contributed by atoms with Crippen molar-refractivity contribution in [2.45, 2.75) is 6.54 Å². The highest BCUT2D eigenvalue weighted by molar-refractivity contribution is 7.14. The summed E-state index contributed by atoms with van der Waals surface area (Å²) in [5, 5.41) is 6.27. The summed E-state index contributed by atoms with van der Waals surface area (Å²) in [5.74, 6) is 0.612. The summed E-state index contributed by atoms with van der Waals surface area (Å²) in [4.78, 5) is 8.20. The second kappa shape index (κ2) is 5.14. The zero-order chi connectivity index (χ0) is 11.4. The summed E-state index contributed by atoms with van der Waals surface area (Å²) < 4.78 is 4.98. The quantitative estimate of drug-likeness (QED) is 0.913. The Kier molecular flexibility index (Phi) is 3.58. The number of anilines is 1. The lowest BCUT2D eigenvalue weighted by molar-refractivity contribution is 0.397. The number of pyridine rings is 1. The predicted octanol–water partition coefficient (Wildman–Crippen LogP) is 2.81. The van der Waals surface area contributed by atoms with Crippen molar-refractivity contribution in [2.24, 2.45) is 0 Å². The van der Waals surface area contributed by atoms with Gasteiger partial charge in [0.1, 0.15) is 5.15 Å². The van der Waals surface area contributed by atoms with E-state index in [1.807, 2.05) is 12.1 Å². The molecule has 0 bridgehead atoms. The van der Waals surface area contributed by atoms with Gasteiger partial charge in [0.05, 0.1) is 7.11 Å². The molecule has 0 aromatic carbocycles. The number of aromatic nitrogens is 2. The van der Waals surface area contributed by atoms with E-state index in [2.05, 4.69) is 15.3 Å². The third-order valence-corrected chi connectivity index (χ3v) is 3.05. The zero-order valence-corrected chi connectivity index (χ0v) is 10.2. The lowest BCUT2D eigenvalue weighted by Gasteiger charge is -2.03. The van der Waals surface area contributed by atoms with Crippen LogP contribution in [0.5, 0.6) is 5.88 Å². The molecule has 0 unspecified atom stereocenters. The first-order valence-electron chi connectivity index (χ1n) is 4.62. The van der Waals surface area contributed by atoms with Crippen LogP contribution in [0.3, 0.4) is 0 Å². The molecule has 0 atom stereocenters. The molecule has 4 nitrogen and oxygen atoms in total. The molecule has 2 aromatic heterocycles. The van der Waals surface area contributed by atoms with Crippen molar-refractivity contribution < 1.29 is 4.74 Å². The molecule has 2 heterocycles. The van der Waals surface area contributed by atoms with E-state index in [0.29, 0.717) is 17.6 Å². The molecule has 0 spiro atoms. The Labute approximate surface area is 102 Å². The SMILES string of the molecule is COc1ccc(CNc2nc(Cl)cs2)cn1. The summed E-state index contributed by atoms with van der Waals surface area (Å²) >= 11 is 7.19. The molecule has 0 aliphatic heterocycles. The van der Waals surface area contributed by atoms with Crippen LogP contribution in [-0.4, -0.2) is 17.1 Å². The minimum absolute atomic E-state index is 0.514. The Morgan fingerprint density at radius 2 is 2.38 bits per heavy atom. The molecular weight excluding hydrogens is 246 g/mol. The molecule has 0 saturated heterocycles. The van der Waals surface area contributed by atoms with E-state index in [1.54, 1.807) is 18.7 Å². The third-order valence-electron chi connectivity index (χ3n) is 1.93. The van der Waals surface area contributed by atoms with Gasteiger partial charge in [-0.2, -0.15) is 0 Å². The Morgan fingerprint density at radius 3 is 2.94 bits per heavy atom. The van der Waals surface area contributed by atoms with Gasteiger partial charge in [0.25, 0.3) is 0 Å². The van der Waals surface area contributed by atoms with Gasteiger partial charge in [-0.3, -0.25) is 0 Å². The van der Waals surface area contributed by atoms with E-state index in [0.717, 1.165) is 10.7 Å². The first-order chi connectivity index (χ1) is 7.78. The van der Waals surface area contributed by atoms with Crippen molar-refractivity contribution in [2.75, 3.05) is 12.4 Å². The van der Waals surface area contributed by atoms with Crippen molar-refractivity contribution in [1.82, 2.24) is 9.97 Å². The van der Waals surface area contributed by atoms with Gasteiger partial charge in [-0.25, -0.2) is 9.97 Å². The largest absolute Gasteiger partial charge is 0.481 e. The van der Waals surface area contributed by atoms with Gasteiger partial charge in [0.2, 0.25) is 5.88 Å². The molecule has 0 aliphatic rings. The molecule has 0 saturated carbocycles.